The molecule has 35 heavy (non-hydrogen) atoms. The third-order valence-corrected chi connectivity index (χ3v) is 6.18. The van der Waals surface area contributed by atoms with E-state index in [9.17, 15) is 18.4 Å². The van der Waals surface area contributed by atoms with Crippen LogP contribution in [0.25, 0.3) is 16.5 Å². The van der Waals surface area contributed by atoms with E-state index in [0.717, 1.165) is 28.9 Å². The highest BCUT2D eigenvalue weighted by molar-refractivity contribution is 6.33. The number of halogens is 3. The van der Waals surface area contributed by atoms with E-state index >= 15 is 0 Å². The lowest BCUT2D eigenvalue weighted by atomic mass is 10.0. The monoisotopic (exact) mass is 495 g/mol. The van der Waals surface area contributed by atoms with E-state index in [1.807, 2.05) is 0 Å². The summed E-state index contributed by atoms with van der Waals surface area (Å²) in [4.78, 5) is 30.2. The Morgan fingerprint density at radius 2 is 1.83 bits per heavy atom. The van der Waals surface area contributed by atoms with Crippen LogP contribution >= 0.6 is 11.6 Å². The largest absolute Gasteiger partial charge is 0.373 e. The normalized spacial score (nSPS) is 13.0. The zero-order valence-corrected chi connectivity index (χ0v) is 19.3. The van der Waals surface area contributed by atoms with Crippen molar-refractivity contribution in [3.63, 3.8) is 0 Å². The molecule has 7 nitrogen and oxygen atoms in total. The van der Waals surface area contributed by atoms with Crippen molar-refractivity contribution in [2.75, 3.05) is 23.0 Å². The highest BCUT2D eigenvalue weighted by Crippen LogP contribution is 2.42. The van der Waals surface area contributed by atoms with Crippen molar-refractivity contribution in [1.82, 2.24) is 9.55 Å². The fourth-order valence-corrected chi connectivity index (χ4v) is 4.17. The molecule has 0 bridgehead atoms. The lowest BCUT2D eigenvalue weighted by Gasteiger charge is -2.15. The Morgan fingerprint density at radius 3 is 2.54 bits per heavy atom. The van der Waals surface area contributed by atoms with E-state index in [-0.39, 0.29) is 17.3 Å². The molecule has 0 unspecified atom stereocenters. The first-order chi connectivity index (χ1) is 16.9. The molecule has 2 aromatic carbocycles. The number of para-hydroxylation sites is 1. The van der Waals surface area contributed by atoms with Gasteiger partial charge in [0.2, 0.25) is 0 Å². The number of carbonyl (C=O) groups is 1. The average molecular weight is 496 g/mol. The maximum Gasteiger partial charge on any atom is 0.323 e. The van der Waals surface area contributed by atoms with Crippen LogP contribution < -0.4 is 21.5 Å². The van der Waals surface area contributed by atoms with Gasteiger partial charge in [0.1, 0.15) is 17.5 Å². The van der Waals surface area contributed by atoms with E-state index in [4.69, 9.17) is 11.6 Å². The van der Waals surface area contributed by atoms with Gasteiger partial charge in [0.05, 0.1) is 22.1 Å². The fourth-order valence-electron chi connectivity index (χ4n) is 3.98. The van der Waals surface area contributed by atoms with Gasteiger partial charge in [-0.05, 0) is 48.4 Å². The van der Waals surface area contributed by atoms with Crippen molar-refractivity contribution < 1.29 is 13.6 Å². The van der Waals surface area contributed by atoms with Crippen LogP contribution in [0.15, 0.2) is 59.7 Å². The number of hydrogen-bond acceptors (Lipinski definition) is 4. The maximum absolute atomic E-state index is 14.9. The Morgan fingerprint density at radius 1 is 1.09 bits per heavy atom. The Kier molecular flexibility index (Phi) is 5.86. The molecule has 1 aliphatic carbocycles. The highest BCUT2D eigenvalue weighted by atomic mass is 35.5. The maximum atomic E-state index is 14.9. The Bertz CT molecular complexity index is 1530. The summed E-state index contributed by atoms with van der Waals surface area (Å²) in [6, 6.07) is 9.29. The SMILES string of the molecule is CNc1cc2c(C3CC3)c(=O)n(-c3cc(NC(=O)Nc4ccccc4Cl)c(F)cc3F)cc2cn1. The number of nitrogens with zero attached hydrogens (tertiary/aromatic N) is 2. The molecule has 2 aromatic heterocycles. The van der Waals surface area contributed by atoms with Gasteiger partial charge in [0.15, 0.2) is 0 Å². The van der Waals surface area contributed by atoms with Crippen LogP contribution in [0.3, 0.4) is 0 Å². The van der Waals surface area contributed by atoms with Crippen molar-refractivity contribution >= 4 is 45.6 Å². The molecule has 5 rings (SSSR count). The molecule has 2 heterocycles. The molecule has 1 saturated carbocycles. The highest BCUT2D eigenvalue weighted by Gasteiger charge is 2.30. The van der Waals surface area contributed by atoms with E-state index in [1.165, 1.54) is 6.20 Å². The minimum absolute atomic E-state index is 0.0621. The van der Waals surface area contributed by atoms with Gasteiger partial charge in [-0.25, -0.2) is 18.6 Å². The summed E-state index contributed by atoms with van der Waals surface area (Å²) in [5.41, 5.74) is 0.00418. The molecule has 2 amide bonds. The number of amides is 2. The Hall–Kier alpha value is -3.98. The van der Waals surface area contributed by atoms with Crippen LogP contribution in [0.4, 0.5) is 30.8 Å². The number of hydrogen-bond donors (Lipinski definition) is 3. The predicted octanol–water partition coefficient (Wildman–Crippen LogP) is 5.88. The number of rotatable bonds is 5. The van der Waals surface area contributed by atoms with Crippen LogP contribution in [0.2, 0.25) is 5.02 Å². The van der Waals surface area contributed by atoms with Gasteiger partial charge in [-0.2, -0.15) is 0 Å². The number of pyridine rings is 2. The summed E-state index contributed by atoms with van der Waals surface area (Å²) in [5, 5.41) is 9.51. The molecule has 0 atom stereocenters. The minimum atomic E-state index is -0.989. The smallest absolute Gasteiger partial charge is 0.323 e. The zero-order valence-electron chi connectivity index (χ0n) is 18.5. The lowest BCUT2D eigenvalue weighted by molar-refractivity contribution is 0.262. The fraction of sp³-hybridized carbons (Fsp3) is 0.160. The number of nitrogens with one attached hydrogen (secondary N) is 3. The van der Waals surface area contributed by atoms with Crippen LogP contribution in [0.1, 0.15) is 24.3 Å². The molecular formula is C25H20ClF2N5O2. The van der Waals surface area contributed by atoms with E-state index in [1.54, 1.807) is 43.6 Å². The summed E-state index contributed by atoms with van der Waals surface area (Å²) in [6.07, 6.45) is 4.78. The average Bonchev–Trinajstić information content (AvgIpc) is 3.67. The molecule has 3 N–H and O–H groups in total. The van der Waals surface area contributed by atoms with Gasteiger partial charge >= 0.3 is 6.03 Å². The minimum Gasteiger partial charge on any atom is -0.373 e. The molecule has 1 fully saturated rings. The van der Waals surface area contributed by atoms with Gasteiger partial charge in [-0.1, -0.05) is 23.7 Å². The van der Waals surface area contributed by atoms with Gasteiger partial charge < -0.3 is 16.0 Å². The zero-order chi connectivity index (χ0) is 24.7. The molecular weight excluding hydrogens is 476 g/mol. The number of urea groups is 1. The first kappa shape index (κ1) is 22.8. The first-order valence-corrected chi connectivity index (χ1v) is 11.3. The molecule has 0 spiro atoms. The third kappa shape index (κ3) is 4.42. The van der Waals surface area contributed by atoms with Crippen LogP contribution in [-0.2, 0) is 0 Å². The molecule has 0 saturated heterocycles. The number of carbonyl (C=O) groups excluding carboxylic acids is 1. The van der Waals surface area contributed by atoms with Crippen LogP contribution in [-0.4, -0.2) is 22.6 Å². The summed E-state index contributed by atoms with van der Waals surface area (Å²) in [7, 11) is 1.73. The number of aromatic nitrogens is 2. The summed E-state index contributed by atoms with van der Waals surface area (Å²) in [6.45, 7) is 0. The standard InChI is InChI=1S/C25H20ClF2N5O2/c1-29-22-8-15-14(11-30-22)12-33(24(34)23(15)13-6-7-13)21-10-20(17(27)9-18(21)28)32-25(35)31-19-5-3-2-4-16(19)26/h2-5,8-13,29H,6-7H2,1H3,(H2,31,32,35). The van der Waals surface area contributed by atoms with E-state index < -0.39 is 23.2 Å². The predicted molar refractivity (Wildman–Crippen MR) is 133 cm³/mol. The molecule has 0 aliphatic heterocycles. The second-order valence-electron chi connectivity index (χ2n) is 8.24. The van der Waals surface area contributed by atoms with Crippen LogP contribution in [0, 0.1) is 11.6 Å². The molecule has 10 heteroatoms. The molecule has 0 radical (unpaired) electrons. The molecule has 4 aromatic rings. The van der Waals surface area contributed by atoms with Gasteiger partial charge in [-0.15, -0.1) is 0 Å². The Balaban J connectivity index is 1.56. The van der Waals surface area contributed by atoms with E-state index in [2.05, 4.69) is 20.9 Å². The van der Waals surface area contributed by atoms with Crippen molar-refractivity contribution in [3.8, 4) is 5.69 Å². The van der Waals surface area contributed by atoms with E-state index in [0.29, 0.717) is 33.5 Å². The van der Waals surface area contributed by atoms with Crippen molar-refractivity contribution in [2.45, 2.75) is 18.8 Å². The van der Waals surface area contributed by atoms with Crippen molar-refractivity contribution in [1.29, 1.82) is 0 Å². The number of anilines is 3. The quantitative estimate of drug-likeness (QED) is 0.322. The number of fused-ring (bicyclic) bond motifs is 1. The van der Waals surface area contributed by atoms with Crippen molar-refractivity contribution in [2.24, 2.45) is 0 Å². The summed E-state index contributed by atoms with van der Waals surface area (Å²) >= 11 is 6.04. The van der Waals surface area contributed by atoms with Gasteiger partial charge in [0, 0.05) is 36.5 Å². The van der Waals surface area contributed by atoms with Gasteiger partial charge in [0.25, 0.3) is 5.56 Å². The third-order valence-electron chi connectivity index (χ3n) is 5.85. The topological polar surface area (TPSA) is 88.0 Å². The first-order valence-electron chi connectivity index (χ1n) is 10.9. The Labute approximate surface area is 203 Å². The molecule has 178 valence electrons. The second kappa shape index (κ2) is 8.99. The summed E-state index contributed by atoms with van der Waals surface area (Å²) in [5.74, 6) is -1.26. The number of benzene rings is 2. The van der Waals surface area contributed by atoms with Crippen LogP contribution in [0.5, 0.6) is 0 Å². The van der Waals surface area contributed by atoms with Gasteiger partial charge in [-0.3, -0.25) is 9.36 Å². The van der Waals surface area contributed by atoms with Crippen molar-refractivity contribution in [3.05, 3.63) is 87.4 Å². The summed E-state index contributed by atoms with van der Waals surface area (Å²) < 4.78 is 30.6. The molecule has 1 aliphatic rings. The lowest BCUT2D eigenvalue weighted by Crippen LogP contribution is -2.24. The second-order valence-corrected chi connectivity index (χ2v) is 8.65.